The van der Waals surface area contributed by atoms with Gasteiger partial charge in [-0.3, -0.25) is 0 Å². The van der Waals surface area contributed by atoms with Gasteiger partial charge in [0.25, 0.3) is 0 Å². The molecule has 0 unspecified atom stereocenters. The van der Waals surface area contributed by atoms with Crippen molar-refractivity contribution in [2.75, 3.05) is 0 Å². The fraction of sp³-hybridized carbons (Fsp3) is 0.500. The molecule has 0 heterocycles. The van der Waals surface area contributed by atoms with Gasteiger partial charge in [0.1, 0.15) is 0 Å². The molecule has 0 bridgehead atoms. The van der Waals surface area contributed by atoms with Gasteiger partial charge in [-0.15, -0.1) is 0 Å². The molecule has 27 valence electrons. The maximum Gasteiger partial charge on any atom is 0.0383 e. The minimum absolute atomic E-state index is 0. The van der Waals surface area contributed by atoms with E-state index in [4.69, 9.17) is 9.90 Å². The Hall–Kier alpha value is 0.665. The Kier molecular flexibility index (Phi) is 8.56. The predicted octanol–water partition coefficient (Wildman–Crippen LogP) is -1.24. The minimum Gasteiger partial charge on any atom is -0.550 e. The Labute approximate surface area is 58.2 Å². The number of carbonyl (C=O) groups is 1. The van der Waals surface area contributed by atoms with E-state index in [1.807, 2.05) is 0 Å². The first-order valence-electron chi connectivity index (χ1n) is 0.908. The topological polar surface area (TPSA) is 40.1 Å². The van der Waals surface area contributed by atoms with Crippen molar-refractivity contribution < 1.29 is 45.5 Å². The Balaban J connectivity index is 0. The van der Waals surface area contributed by atoms with Crippen LogP contribution in [0.1, 0.15) is 6.92 Å². The molecule has 5 heavy (non-hydrogen) atoms. The van der Waals surface area contributed by atoms with Crippen molar-refractivity contribution in [2.45, 2.75) is 6.92 Å². The number of aliphatic carboxylic acids is 1. The molecule has 0 aliphatic rings. The fourth-order valence-electron chi connectivity index (χ4n) is 0. The third kappa shape index (κ3) is 75.0. The average molecular weight is 198 g/mol. The van der Waals surface area contributed by atoms with Gasteiger partial charge in [-0.05, 0) is 6.92 Å². The van der Waals surface area contributed by atoms with Gasteiger partial charge in [0.05, 0.1) is 0 Å². The summed E-state index contributed by atoms with van der Waals surface area (Å²) in [4.78, 5) is 8.89. The summed E-state index contributed by atoms with van der Waals surface area (Å²) >= 11 is 0. The number of carbonyl (C=O) groups excluding carboxylic acids is 1. The van der Waals surface area contributed by atoms with Crippen LogP contribution >= 0.6 is 0 Å². The molecule has 0 fully saturated rings. The van der Waals surface area contributed by atoms with E-state index in [9.17, 15) is 0 Å². The molecule has 0 aromatic carbocycles. The number of hydrogen-bond donors (Lipinski definition) is 0. The van der Waals surface area contributed by atoms with Crippen LogP contribution in [0.4, 0.5) is 0 Å². The van der Waals surface area contributed by atoms with Gasteiger partial charge in [0, 0.05) is 41.6 Å². The van der Waals surface area contributed by atoms with Crippen LogP contribution in [0.3, 0.4) is 0 Å². The normalized spacial score (nSPS) is 5.00. The molecule has 0 N–H and O–H groups in total. The molecule has 0 saturated carbocycles. The number of hydrogen-bond acceptors (Lipinski definition) is 2. The van der Waals surface area contributed by atoms with Crippen LogP contribution in [0, 0.1) is 35.6 Å². The molecule has 1 radical (unpaired) electrons. The van der Waals surface area contributed by atoms with Gasteiger partial charge in [0.15, 0.2) is 0 Å². The van der Waals surface area contributed by atoms with Crippen molar-refractivity contribution in [3.05, 3.63) is 0 Å². The SMILES string of the molecule is CC(=O)[O-].[La]. The van der Waals surface area contributed by atoms with Crippen LogP contribution in [0.2, 0.25) is 0 Å². The zero-order valence-corrected chi connectivity index (χ0v) is 6.52. The van der Waals surface area contributed by atoms with Crippen molar-refractivity contribution in [3.63, 3.8) is 0 Å². The Morgan fingerprint density at radius 3 is 1.80 bits per heavy atom. The molecule has 0 aliphatic carbocycles. The maximum absolute atomic E-state index is 8.89. The van der Waals surface area contributed by atoms with Crippen LogP contribution in [0.5, 0.6) is 0 Å². The molecular weight excluding hydrogens is 195 g/mol. The number of carboxylic acid groups (broad SMARTS) is 1. The van der Waals surface area contributed by atoms with E-state index in [1.54, 1.807) is 0 Å². The van der Waals surface area contributed by atoms with Crippen molar-refractivity contribution in [1.82, 2.24) is 0 Å². The molecule has 2 nitrogen and oxygen atoms in total. The first kappa shape index (κ1) is 9.18. The van der Waals surface area contributed by atoms with Gasteiger partial charge in [-0.25, -0.2) is 0 Å². The van der Waals surface area contributed by atoms with E-state index in [0.717, 1.165) is 6.92 Å². The second-order valence-electron chi connectivity index (χ2n) is 0.492. The van der Waals surface area contributed by atoms with Crippen LogP contribution < -0.4 is 5.11 Å². The zero-order chi connectivity index (χ0) is 3.58. The fourth-order valence-corrected chi connectivity index (χ4v) is 0. The first-order chi connectivity index (χ1) is 1.73. The molecule has 0 amide bonds. The van der Waals surface area contributed by atoms with E-state index in [0.29, 0.717) is 0 Å². The number of carboxylic acids is 1. The number of rotatable bonds is 0. The van der Waals surface area contributed by atoms with Crippen molar-refractivity contribution in [2.24, 2.45) is 0 Å². The summed E-state index contributed by atoms with van der Waals surface area (Å²) in [5.74, 6) is -1.08. The predicted molar refractivity (Wildman–Crippen MR) is 10.7 cm³/mol. The Morgan fingerprint density at radius 2 is 1.80 bits per heavy atom. The largest absolute Gasteiger partial charge is 0.550 e. The third-order valence-electron chi connectivity index (χ3n) is 0. The molecule has 0 saturated heterocycles. The molecule has 0 rings (SSSR count). The van der Waals surface area contributed by atoms with Gasteiger partial charge >= 0.3 is 0 Å². The van der Waals surface area contributed by atoms with E-state index < -0.39 is 5.97 Å². The summed E-state index contributed by atoms with van der Waals surface area (Å²) < 4.78 is 0. The van der Waals surface area contributed by atoms with E-state index in [1.165, 1.54) is 0 Å². The quantitative estimate of drug-likeness (QED) is 0.488. The Bertz CT molecular complexity index is 30.6. The van der Waals surface area contributed by atoms with Gasteiger partial charge < -0.3 is 9.90 Å². The van der Waals surface area contributed by atoms with Crippen LogP contribution in [-0.4, -0.2) is 5.97 Å². The molecule has 0 aromatic rings. The van der Waals surface area contributed by atoms with Crippen LogP contribution in [0.25, 0.3) is 0 Å². The Morgan fingerprint density at radius 1 is 1.80 bits per heavy atom. The monoisotopic (exact) mass is 198 g/mol. The second kappa shape index (κ2) is 4.66. The smallest absolute Gasteiger partial charge is 0.0383 e. The van der Waals surface area contributed by atoms with E-state index in [2.05, 4.69) is 0 Å². The third-order valence-corrected chi connectivity index (χ3v) is 0. The standard InChI is InChI=1S/C2H4O2.La/c1-2(3)4;/h1H3,(H,3,4);/p-1. The van der Waals surface area contributed by atoms with Gasteiger partial charge in [0.2, 0.25) is 0 Å². The molecule has 0 aromatic heterocycles. The molecule has 3 heteroatoms. The van der Waals surface area contributed by atoms with E-state index >= 15 is 0 Å². The molecular formula is C2H3LaO2-. The van der Waals surface area contributed by atoms with Crippen molar-refractivity contribution in [3.8, 4) is 0 Å². The molecule has 0 aliphatic heterocycles. The van der Waals surface area contributed by atoms with Gasteiger partial charge in [-0.1, -0.05) is 0 Å². The summed E-state index contributed by atoms with van der Waals surface area (Å²) in [5.41, 5.74) is 0. The zero-order valence-electron chi connectivity index (χ0n) is 2.89. The van der Waals surface area contributed by atoms with Crippen molar-refractivity contribution >= 4 is 5.97 Å². The van der Waals surface area contributed by atoms with Crippen molar-refractivity contribution in [1.29, 1.82) is 0 Å². The summed E-state index contributed by atoms with van der Waals surface area (Å²) in [7, 11) is 0. The van der Waals surface area contributed by atoms with Gasteiger partial charge in [-0.2, -0.15) is 0 Å². The van der Waals surface area contributed by atoms with E-state index in [-0.39, 0.29) is 35.6 Å². The minimum atomic E-state index is -1.08. The van der Waals surface area contributed by atoms with Crippen LogP contribution in [-0.2, 0) is 4.79 Å². The average Bonchev–Trinajstić information content (AvgIpc) is 0.811. The summed E-state index contributed by atoms with van der Waals surface area (Å²) in [6.07, 6.45) is 0. The summed E-state index contributed by atoms with van der Waals surface area (Å²) in [6.45, 7) is 0.972. The summed E-state index contributed by atoms with van der Waals surface area (Å²) in [6, 6.07) is 0. The first-order valence-corrected chi connectivity index (χ1v) is 0.908. The molecule has 0 spiro atoms. The molecule has 0 atom stereocenters. The maximum atomic E-state index is 8.89. The summed E-state index contributed by atoms with van der Waals surface area (Å²) in [5, 5.41) is 8.89. The van der Waals surface area contributed by atoms with Crippen LogP contribution in [0.15, 0.2) is 0 Å². The second-order valence-corrected chi connectivity index (χ2v) is 0.492.